The largest absolute Gasteiger partial charge is 0.294 e. The maximum Gasteiger partial charge on any atom is 0.163 e. The predicted octanol–water partition coefficient (Wildman–Crippen LogP) is 3.50. The lowest BCUT2D eigenvalue weighted by atomic mass is 10.0. The number of benzene rings is 2. The van der Waals surface area contributed by atoms with Crippen molar-refractivity contribution in [3.8, 4) is 0 Å². The number of hydrogen-bond acceptors (Lipinski definition) is 1. The topological polar surface area (TPSA) is 17.1 Å². The van der Waals surface area contributed by atoms with E-state index in [1.807, 2.05) is 48.5 Å². The summed E-state index contributed by atoms with van der Waals surface area (Å²) in [6.07, 6.45) is -0.252. The second-order valence-corrected chi connectivity index (χ2v) is 3.61. The van der Waals surface area contributed by atoms with Crippen LogP contribution in [0.3, 0.4) is 0 Å². The van der Waals surface area contributed by atoms with E-state index in [1.54, 1.807) is 12.1 Å². The van der Waals surface area contributed by atoms with Gasteiger partial charge in [-0.25, -0.2) is 0 Å². The summed E-state index contributed by atoms with van der Waals surface area (Å²) in [5, 5.41) is 0. The SMILES string of the molecule is [2H]C(CC(=O)c1ccccc1)c1ccccc1. The van der Waals surface area contributed by atoms with Gasteiger partial charge in [-0.2, -0.15) is 0 Å². The van der Waals surface area contributed by atoms with Gasteiger partial charge in [-0.05, 0) is 12.0 Å². The Bertz CT molecular complexity index is 479. The molecule has 0 aliphatic rings. The summed E-state index contributed by atoms with van der Waals surface area (Å²) in [7, 11) is 0. The first-order valence-corrected chi connectivity index (χ1v) is 5.33. The minimum absolute atomic E-state index is 0.0226. The van der Waals surface area contributed by atoms with Crippen molar-refractivity contribution in [1.82, 2.24) is 0 Å². The quantitative estimate of drug-likeness (QED) is 0.707. The lowest BCUT2D eigenvalue weighted by molar-refractivity contribution is 0.0983. The molecule has 0 amide bonds. The van der Waals surface area contributed by atoms with Gasteiger partial charge in [0.2, 0.25) is 0 Å². The number of aryl methyl sites for hydroxylation is 1. The molecule has 1 atom stereocenters. The second-order valence-electron chi connectivity index (χ2n) is 3.61. The minimum Gasteiger partial charge on any atom is -0.294 e. The molecule has 1 heteroatoms. The highest BCUT2D eigenvalue weighted by molar-refractivity contribution is 5.96. The first kappa shape index (κ1) is 9.34. The molecule has 0 saturated carbocycles. The fourth-order valence-electron chi connectivity index (χ4n) is 1.54. The predicted molar refractivity (Wildman–Crippen MR) is 65.5 cm³/mol. The van der Waals surface area contributed by atoms with E-state index in [2.05, 4.69) is 0 Å². The molecule has 2 aromatic carbocycles. The Labute approximate surface area is 97.1 Å². The van der Waals surface area contributed by atoms with E-state index in [4.69, 9.17) is 1.37 Å². The van der Waals surface area contributed by atoms with Gasteiger partial charge < -0.3 is 0 Å². The molecule has 2 aromatic rings. The third kappa shape index (κ3) is 2.80. The Kier molecular flexibility index (Phi) is 3.07. The number of rotatable bonds is 4. The maximum atomic E-state index is 11.9. The molecule has 0 bridgehead atoms. The fourth-order valence-corrected chi connectivity index (χ4v) is 1.54. The van der Waals surface area contributed by atoms with Gasteiger partial charge >= 0.3 is 0 Å². The fraction of sp³-hybridized carbons (Fsp3) is 0.133. The van der Waals surface area contributed by atoms with Crippen LogP contribution in [0.2, 0.25) is 0 Å². The zero-order chi connectivity index (χ0) is 12.1. The number of ketones is 1. The van der Waals surface area contributed by atoms with Gasteiger partial charge in [-0.15, -0.1) is 0 Å². The maximum absolute atomic E-state index is 11.9. The van der Waals surface area contributed by atoms with Crippen molar-refractivity contribution in [3.05, 3.63) is 71.8 Å². The van der Waals surface area contributed by atoms with Gasteiger partial charge in [0.25, 0.3) is 0 Å². The summed E-state index contributed by atoms with van der Waals surface area (Å²) in [4.78, 5) is 11.9. The molecule has 0 heterocycles. The first-order valence-electron chi connectivity index (χ1n) is 5.90. The highest BCUT2D eigenvalue weighted by Gasteiger charge is 2.04. The molecule has 0 N–H and O–H groups in total. The van der Waals surface area contributed by atoms with Crippen LogP contribution in [0.25, 0.3) is 0 Å². The highest BCUT2D eigenvalue weighted by Crippen LogP contribution is 2.07. The number of carbonyl (C=O) groups is 1. The van der Waals surface area contributed by atoms with E-state index in [9.17, 15) is 4.79 Å². The van der Waals surface area contributed by atoms with Crippen LogP contribution in [0.5, 0.6) is 0 Å². The van der Waals surface area contributed by atoms with Gasteiger partial charge in [-0.1, -0.05) is 60.7 Å². The third-order valence-electron chi connectivity index (χ3n) is 2.42. The summed E-state index contributed by atoms with van der Waals surface area (Å²) < 4.78 is 7.97. The number of Topliss-reactive ketones (excluding diaryl/α,β-unsaturated/α-hetero) is 1. The smallest absolute Gasteiger partial charge is 0.163 e. The molecule has 0 saturated heterocycles. The van der Waals surface area contributed by atoms with Gasteiger partial charge in [0, 0.05) is 13.4 Å². The molecule has 1 unspecified atom stereocenters. The molecule has 0 radical (unpaired) electrons. The van der Waals surface area contributed by atoms with Gasteiger partial charge in [-0.3, -0.25) is 4.79 Å². The molecule has 0 spiro atoms. The van der Waals surface area contributed by atoms with Crippen molar-refractivity contribution in [2.75, 3.05) is 0 Å². The standard InChI is InChI=1S/C15H14O/c16-15(14-9-5-2-6-10-14)12-11-13-7-3-1-4-8-13/h1-10H,11-12H2/i11D. The van der Waals surface area contributed by atoms with Crippen LogP contribution in [0.1, 0.15) is 23.7 Å². The van der Waals surface area contributed by atoms with E-state index in [1.165, 1.54) is 0 Å². The average Bonchev–Trinajstić information content (AvgIpc) is 2.40. The van der Waals surface area contributed by atoms with Crippen LogP contribution in [-0.2, 0) is 6.40 Å². The monoisotopic (exact) mass is 211 g/mol. The second kappa shape index (κ2) is 5.26. The van der Waals surface area contributed by atoms with E-state index >= 15 is 0 Å². The van der Waals surface area contributed by atoms with E-state index in [-0.39, 0.29) is 12.2 Å². The van der Waals surface area contributed by atoms with Crippen molar-refractivity contribution >= 4 is 5.78 Å². The van der Waals surface area contributed by atoms with Crippen LogP contribution in [-0.4, -0.2) is 5.78 Å². The number of hydrogen-bond donors (Lipinski definition) is 0. The summed E-state index contributed by atoms with van der Waals surface area (Å²) >= 11 is 0. The van der Waals surface area contributed by atoms with Gasteiger partial charge in [0.05, 0.1) is 0 Å². The van der Waals surface area contributed by atoms with Gasteiger partial charge in [0.15, 0.2) is 5.78 Å². The molecule has 16 heavy (non-hydrogen) atoms. The molecular formula is C15H14O. The number of carbonyl (C=O) groups excluding carboxylic acids is 1. The lowest BCUT2D eigenvalue weighted by Gasteiger charge is -2.01. The van der Waals surface area contributed by atoms with Gasteiger partial charge in [0.1, 0.15) is 0 Å². The highest BCUT2D eigenvalue weighted by atomic mass is 16.1. The zero-order valence-electron chi connectivity index (χ0n) is 9.97. The molecule has 0 aliphatic heterocycles. The Morgan fingerprint density at radius 3 is 2.12 bits per heavy atom. The molecule has 2 rings (SSSR count). The Morgan fingerprint density at radius 1 is 0.938 bits per heavy atom. The third-order valence-corrected chi connectivity index (χ3v) is 2.42. The molecule has 80 valence electrons. The van der Waals surface area contributed by atoms with E-state index < -0.39 is 6.40 Å². The van der Waals surface area contributed by atoms with E-state index in [0.717, 1.165) is 5.56 Å². The van der Waals surface area contributed by atoms with Crippen molar-refractivity contribution in [2.24, 2.45) is 0 Å². The van der Waals surface area contributed by atoms with Crippen LogP contribution in [0.15, 0.2) is 60.7 Å². The normalized spacial score (nSPS) is 12.9. The average molecular weight is 211 g/mol. The lowest BCUT2D eigenvalue weighted by Crippen LogP contribution is -2.00. The van der Waals surface area contributed by atoms with Crippen LogP contribution < -0.4 is 0 Å². The van der Waals surface area contributed by atoms with Crippen molar-refractivity contribution in [1.29, 1.82) is 0 Å². The Hall–Kier alpha value is -1.89. The summed E-state index contributed by atoms with van der Waals surface area (Å²) in [6, 6.07) is 18.6. The van der Waals surface area contributed by atoms with Crippen molar-refractivity contribution < 1.29 is 6.17 Å². The molecule has 0 fully saturated rings. The van der Waals surface area contributed by atoms with Crippen molar-refractivity contribution in [3.63, 3.8) is 0 Å². The minimum atomic E-state index is -0.482. The summed E-state index contributed by atoms with van der Waals surface area (Å²) in [5.41, 5.74) is 1.57. The van der Waals surface area contributed by atoms with E-state index in [0.29, 0.717) is 5.56 Å². The first-order chi connectivity index (χ1) is 8.27. The molecular weight excluding hydrogens is 196 g/mol. The zero-order valence-corrected chi connectivity index (χ0v) is 8.97. The molecule has 0 aromatic heterocycles. The van der Waals surface area contributed by atoms with Crippen molar-refractivity contribution in [2.45, 2.75) is 12.8 Å². The summed E-state index contributed by atoms with van der Waals surface area (Å²) in [5.74, 6) is 0.0226. The molecule has 1 nitrogen and oxygen atoms in total. The Balaban J connectivity index is 2.05. The van der Waals surface area contributed by atoms with Crippen LogP contribution >= 0.6 is 0 Å². The Morgan fingerprint density at radius 2 is 1.50 bits per heavy atom. The van der Waals surface area contributed by atoms with Crippen LogP contribution in [0, 0.1) is 0 Å². The summed E-state index contributed by atoms with van der Waals surface area (Å²) in [6.45, 7) is 0. The van der Waals surface area contributed by atoms with Crippen LogP contribution in [0.4, 0.5) is 0 Å². The molecule has 0 aliphatic carbocycles.